The number of aromatic nitrogens is 1. The molecule has 1 aliphatic rings. The number of hydrogen-bond acceptors (Lipinski definition) is 4. The van der Waals surface area contributed by atoms with E-state index in [1.165, 1.54) is 17.7 Å². The first-order valence-electron chi connectivity index (χ1n) is 8.29. The van der Waals surface area contributed by atoms with Gasteiger partial charge in [0.1, 0.15) is 0 Å². The minimum absolute atomic E-state index is 0.324. The lowest BCUT2D eigenvalue weighted by Gasteiger charge is -2.18. The number of guanidine groups is 1. The molecule has 0 unspecified atom stereocenters. The smallest absolute Gasteiger partial charge is 0.191 e. The fourth-order valence-corrected chi connectivity index (χ4v) is 4.38. The summed E-state index contributed by atoms with van der Waals surface area (Å²) in [6, 6.07) is 10.7. The molecule has 0 bridgehead atoms. The highest BCUT2D eigenvalue weighted by atomic mass is 32.2. The van der Waals surface area contributed by atoms with Crippen LogP contribution in [0, 0.1) is 6.92 Å². The zero-order valence-corrected chi connectivity index (χ0v) is 15.8. The molecule has 1 aromatic heterocycles. The van der Waals surface area contributed by atoms with Gasteiger partial charge in [-0.05, 0) is 31.9 Å². The first kappa shape index (κ1) is 17.3. The Morgan fingerprint density at radius 3 is 2.71 bits per heavy atom. The Morgan fingerprint density at radius 2 is 2.08 bits per heavy atom. The quantitative estimate of drug-likeness (QED) is 0.586. The molecule has 0 atom stereocenters. The van der Waals surface area contributed by atoms with E-state index in [9.17, 15) is 0 Å². The summed E-state index contributed by atoms with van der Waals surface area (Å²) in [7, 11) is 1.83. The molecule has 0 amide bonds. The van der Waals surface area contributed by atoms with E-state index < -0.39 is 0 Å². The lowest BCUT2D eigenvalue weighted by molar-refractivity contribution is 0.756. The normalized spacial score (nSPS) is 16.0. The molecule has 1 heterocycles. The van der Waals surface area contributed by atoms with Crippen molar-refractivity contribution in [2.45, 2.75) is 35.8 Å². The Labute approximate surface area is 152 Å². The van der Waals surface area contributed by atoms with Crippen molar-refractivity contribution in [1.82, 2.24) is 15.6 Å². The molecule has 128 valence electrons. The SMILES string of the molecule is CN=C(NCCc1csc(C)n1)NCC1(Sc2ccccc2)CC1. The zero-order valence-electron chi connectivity index (χ0n) is 14.2. The molecular weight excluding hydrogens is 336 g/mol. The van der Waals surface area contributed by atoms with Crippen molar-refractivity contribution < 1.29 is 0 Å². The van der Waals surface area contributed by atoms with Gasteiger partial charge in [0.25, 0.3) is 0 Å². The Hall–Kier alpha value is -1.53. The second-order valence-corrected chi connectivity index (χ2v) is 8.66. The van der Waals surface area contributed by atoms with Crippen LogP contribution >= 0.6 is 23.1 Å². The van der Waals surface area contributed by atoms with Crippen LogP contribution in [0.15, 0.2) is 45.6 Å². The van der Waals surface area contributed by atoms with Gasteiger partial charge in [-0.25, -0.2) is 4.98 Å². The van der Waals surface area contributed by atoms with Crippen LogP contribution in [0.25, 0.3) is 0 Å². The van der Waals surface area contributed by atoms with Gasteiger partial charge >= 0.3 is 0 Å². The predicted molar refractivity (Wildman–Crippen MR) is 104 cm³/mol. The van der Waals surface area contributed by atoms with E-state index in [4.69, 9.17) is 0 Å². The van der Waals surface area contributed by atoms with Gasteiger partial charge in [0.15, 0.2) is 5.96 Å². The Morgan fingerprint density at radius 1 is 1.29 bits per heavy atom. The van der Waals surface area contributed by atoms with Gasteiger partial charge in [-0.1, -0.05) is 18.2 Å². The minimum Gasteiger partial charge on any atom is -0.356 e. The first-order chi connectivity index (χ1) is 11.7. The van der Waals surface area contributed by atoms with E-state index in [0.29, 0.717) is 4.75 Å². The van der Waals surface area contributed by atoms with Gasteiger partial charge in [-0.3, -0.25) is 4.99 Å². The van der Waals surface area contributed by atoms with E-state index >= 15 is 0 Å². The summed E-state index contributed by atoms with van der Waals surface area (Å²) in [5.41, 5.74) is 1.15. The van der Waals surface area contributed by atoms with Crippen molar-refractivity contribution in [2.75, 3.05) is 20.1 Å². The number of nitrogens with one attached hydrogen (secondary N) is 2. The maximum absolute atomic E-state index is 4.49. The van der Waals surface area contributed by atoms with Crippen LogP contribution in [0.3, 0.4) is 0 Å². The summed E-state index contributed by atoms with van der Waals surface area (Å²) in [5.74, 6) is 0.877. The van der Waals surface area contributed by atoms with Crippen LogP contribution in [0.1, 0.15) is 23.5 Å². The monoisotopic (exact) mass is 360 g/mol. The van der Waals surface area contributed by atoms with Gasteiger partial charge in [0, 0.05) is 41.6 Å². The molecule has 1 aromatic carbocycles. The second-order valence-electron chi connectivity index (χ2n) is 6.06. The molecule has 2 N–H and O–H groups in total. The minimum atomic E-state index is 0.324. The number of thioether (sulfide) groups is 1. The van der Waals surface area contributed by atoms with Crippen molar-refractivity contribution in [1.29, 1.82) is 0 Å². The predicted octanol–water partition coefficient (Wildman–Crippen LogP) is 3.48. The van der Waals surface area contributed by atoms with Crippen LogP contribution in [0.4, 0.5) is 0 Å². The average molecular weight is 361 g/mol. The number of aliphatic imine (C=N–C) groups is 1. The third-order valence-electron chi connectivity index (χ3n) is 4.03. The van der Waals surface area contributed by atoms with Gasteiger partial charge in [-0.2, -0.15) is 0 Å². The number of nitrogens with zero attached hydrogens (tertiary/aromatic N) is 2. The topological polar surface area (TPSA) is 49.3 Å². The molecule has 24 heavy (non-hydrogen) atoms. The van der Waals surface area contributed by atoms with Crippen molar-refractivity contribution in [3.05, 3.63) is 46.4 Å². The van der Waals surface area contributed by atoms with Crippen LogP contribution in [0.5, 0.6) is 0 Å². The van der Waals surface area contributed by atoms with Crippen molar-refractivity contribution in [3.8, 4) is 0 Å². The number of benzene rings is 1. The van der Waals surface area contributed by atoms with Gasteiger partial charge in [-0.15, -0.1) is 23.1 Å². The molecule has 0 spiro atoms. The Balaban J connectivity index is 1.42. The summed E-state index contributed by atoms with van der Waals surface area (Å²) in [5, 5.41) is 10.1. The lowest BCUT2D eigenvalue weighted by atomic mass is 10.3. The van der Waals surface area contributed by atoms with E-state index in [1.807, 2.05) is 25.7 Å². The molecule has 1 saturated carbocycles. The molecule has 1 aliphatic carbocycles. The van der Waals surface area contributed by atoms with E-state index in [2.05, 4.69) is 56.3 Å². The van der Waals surface area contributed by atoms with Crippen LogP contribution in [-0.4, -0.2) is 35.8 Å². The highest BCUT2D eigenvalue weighted by Gasteiger charge is 2.43. The van der Waals surface area contributed by atoms with Gasteiger partial charge in [0.2, 0.25) is 0 Å². The standard InChI is InChI=1S/C18H24N4S2/c1-14-22-15(12-23-14)8-11-20-17(19-2)21-13-18(9-10-18)24-16-6-4-3-5-7-16/h3-7,12H,8-11,13H2,1-2H3,(H2,19,20,21). The Kier molecular flexibility index (Phi) is 5.79. The summed E-state index contributed by atoms with van der Waals surface area (Å²) < 4.78 is 0.324. The molecule has 2 aromatic rings. The number of hydrogen-bond donors (Lipinski definition) is 2. The zero-order chi connectivity index (χ0) is 16.8. The third kappa shape index (κ3) is 4.98. The summed E-state index contributed by atoms with van der Waals surface area (Å²) in [4.78, 5) is 10.2. The van der Waals surface area contributed by atoms with Crippen molar-refractivity contribution >= 4 is 29.1 Å². The highest BCUT2D eigenvalue weighted by Crippen LogP contribution is 2.51. The molecule has 6 heteroatoms. The van der Waals surface area contributed by atoms with Crippen molar-refractivity contribution in [2.24, 2.45) is 4.99 Å². The fraction of sp³-hybridized carbons (Fsp3) is 0.444. The lowest BCUT2D eigenvalue weighted by Crippen LogP contribution is -2.41. The van der Waals surface area contributed by atoms with E-state index in [0.717, 1.165) is 36.2 Å². The molecule has 4 nitrogen and oxygen atoms in total. The summed E-state index contributed by atoms with van der Waals surface area (Å²) in [6.45, 7) is 3.84. The fourth-order valence-electron chi connectivity index (χ4n) is 2.49. The molecule has 0 radical (unpaired) electrons. The third-order valence-corrected chi connectivity index (χ3v) is 6.34. The van der Waals surface area contributed by atoms with E-state index in [-0.39, 0.29) is 0 Å². The van der Waals surface area contributed by atoms with Crippen molar-refractivity contribution in [3.63, 3.8) is 0 Å². The largest absolute Gasteiger partial charge is 0.356 e. The maximum Gasteiger partial charge on any atom is 0.191 e. The summed E-state index contributed by atoms with van der Waals surface area (Å²) in [6.07, 6.45) is 3.44. The summed E-state index contributed by atoms with van der Waals surface area (Å²) >= 11 is 3.68. The van der Waals surface area contributed by atoms with Gasteiger partial charge < -0.3 is 10.6 Å². The molecule has 0 aliphatic heterocycles. The van der Waals surface area contributed by atoms with Crippen LogP contribution in [0.2, 0.25) is 0 Å². The highest BCUT2D eigenvalue weighted by molar-refractivity contribution is 8.01. The molecular formula is C18H24N4S2. The second kappa shape index (κ2) is 8.03. The van der Waals surface area contributed by atoms with Crippen LogP contribution in [-0.2, 0) is 6.42 Å². The Bertz CT molecular complexity index is 677. The number of aryl methyl sites for hydroxylation is 1. The molecule has 3 rings (SSSR count). The van der Waals surface area contributed by atoms with Crippen LogP contribution < -0.4 is 10.6 Å². The molecule has 1 fully saturated rings. The molecule has 0 saturated heterocycles. The average Bonchev–Trinajstić information content (AvgIpc) is 3.23. The number of thiazole rings is 1. The number of rotatable bonds is 7. The first-order valence-corrected chi connectivity index (χ1v) is 9.98. The van der Waals surface area contributed by atoms with E-state index in [1.54, 1.807) is 11.3 Å². The van der Waals surface area contributed by atoms with Gasteiger partial charge in [0.05, 0.1) is 10.7 Å². The maximum atomic E-state index is 4.49.